The number of benzene rings is 1. The number of nitrogens with zero attached hydrogens (tertiary/aromatic N) is 3. The van der Waals surface area contributed by atoms with Crippen molar-refractivity contribution < 1.29 is 34.8 Å². The van der Waals surface area contributed by atoms with Crippen LogP contribution in [0.3, 0.4) is 0 Å². The van der Waals surface area contributed by atoms with Crippen LogP contribution in [0, 0.1) is 0 Å². The van der Waals surface area contributed by atoms with E-state index in [1.54, 1.807) is 0 Å². The zero-order valence-electron chi connectivity index (χ0n) is 14.4. The number of hydrogen-bond acceptors (Lipinski definition) is 5. The lowest BCUT2D eigenvalue weighted by atomic mass is 10.2. The van der Waals surface area contributed by atoms with Gasteiger partial charge in [-0.05, 0) is 18.2 Å². The molecule has 0 amide bonds. The molecular formula is C15H8Cl2F6N4O2S. The van der Waals surface area contributed by atoms with Gasteiger partial charge in [-0.2, -0.15) is 31.4 Å². The van der Waals surface area contributed by atoms with Crippen LogP contribution in [0.4, 0.5) is 32.2 Å². The van der Waals surface area contributed by atoms with E-state index >= 15 is 0 Å². The van der Waals surface area contributed by atoms with Gasteiger partial charge in [-0.1, -0.05) is 23.2 Å². The molecule has 3 aromatic rings. The van der Waals surface area contributed by atoms with Gasteiger partial charge in [-0.15, -0.1) is 0 Å². The Bertz CT molecular complexity index is 1260. The van der Waals surface area contributed by atoms with Crippen molar-refractivity contribution in [3.05, 3.63) is 39.6 Å². The van der Waals surface area contributed by atoms with Gasteiger partial charge in [0.25, 0.3) is 0 Å². The first-order chi connectivity index (χ1) is 13.5. The summed E-state index contributed by atoms with van der Waals surface area (Å²) in [5.74, 6) is -0.741. The number of alkyl halides is 6. The number of nitrogens with two attached hydrogens (primary N) is 1. The molecule has 0 radical (unpaired) electrons. The van der Waals surface area contributed by atoms with Crippen LogP contribution in [-0.4, -0.2) is 29.4 Å². The van der Waals surface area contributed by atoms with Gasteiger partial charge in [0.05, 0.1) is 25.8 Å². The lowest BCUT2D eigenvalue weighted by molar-refractivity contribution is -0.149. The van der Waals surface area contributed by atoms with Crippen molar-refractivity contribution >= 4 is 49.8 Å². The van der Waals surface area contributed by atoms with E-state index in [0.717, 1.165) is 18.4 Å². The van der Waals surface area contributed by atoms with Gasteiger partial charge in [0, 0.05) is 6.26 Å². The van der Waals surface area contributed by atoms with Crippen LogP contribution in [-0.2, 0) is 22.2 Å². The van der Waals surface area contributed by atoms with Crippen LogP contribution in [0.15, 0.2) is 23.1 Å². The summed E-state index contributed by atoms with van der Waals surface area (Å²) in [7, 11) is -3.74. The number of hydrogen-bond donors (Lipinski definition) is 1. The predicted octanol–water partition coefficient (Wildman–Crippen LogP) is 4.75. The quantitative estimate of drug-likeness (QED) is 0.521. The van der Waals surface area contributed by atoms with Gasteiger partial charge in [0.2, 0.25) is 0 Å². The zero-order chi connectivity index (χ0) is 22.8. The minimum atomic E-state index is -5.28. The molecule has 162 valence electrons. The highest BCUT2D eigenvalue weighted by Crippen LogP contribution is 2.41. The molecule has 0 saturated heterocycles. The van der Waals surface area contributed by atoms with Gasteiger partial charge in [-0.25, -0.2) is 18.1 Å². The molecule has 2 aromatic heterocycles. The van der Waals surface area contributed by atoms with E-state index in [1.807, 2.05) is 0 Å². The van der Waals surface area contributed by atoms with Crippen molar-refractivity contribution in [3.8, 4) is 5.69 Å². The molecular weight excluding hydrogens is 485 g/mol. The Kier molecular flexibility index (Phi) is 5.15. The van der Waals surface area contributed by atoms with Crippen molar-refractivity contribution in [1.29, 1.82) is 0 Å². The largest absolute Gasteiger partial charge is 0.434 e. The van der Waals surface area contributed by atoms with Crippen LogP contribution in [0.2, 0.25) is 10.0 Å². The summed E-state index contributed by atoms with van der Waals surface area (Å²) in [5, 5.41) is 2.06. The fourth-order valence-corrected chi connectivity index (χ4v) is 4.05. The molecule has 0 aliphatic rings. The maximum atomic E-state index is 13.4. The number of rotatable bonds is 2. The van der Waals surface area contributed by atoms with Crippen LogP contribution in [0.5, 0.6) is 0 Å². The molecule has 0 bridgehead atoms. The average Bonchev–Trinajstić information content (AvgIpc) is 2.87. The van der Waals surface area contributed by atoms with Crippen molar-refractivity contribution in [3.63, 3.8) is 0 Å². The van der Waals surface area contributed by atoms with Gasteiger partial charge in [-0.3, -0.25) is 0 Å². The number of halogens is 8. The van der Waals surface area contributed by atoms with Gasteiger partial charge in [0.1, 0.15) is 17.2 Å². The molecule has 2 heterocycles. The van der Waals surface area contributed by atoms with Crippen LogP contribution >= 0.6 is 23.2 Å². The standard InChI is InChI=1S/C15H8Cl2F6N4O2S/c1-30(28,29)5-2-6(16)11(7(17)3-5)27-13(24)10-8(26-27)4-9(14(18,19)20)25-12(10)15(21,22)23/h2-4H,24H2,1H3. The summed E-state index contributed by atoms with van der Waals surface area (Å²) >= 11 is 12.1. The third kappa shape index (κ3) is 3.88. The summed E-state index contributed by atoms with van der Waals surface area (Å²) in [6.45, 7) is 0. The second-order valence-electron chi connectivity index (χ2n) is 6.05. The predicted molar refractivity (Wildman–Crippen MR) is 96.4 cm³/mol. The highest BCUT2D eigenvalue weighted by molar-refractivity contribution is 7.90. The molecule has 0 unspecified atom stereocenters. The van der Waals surface area contributed by atoms with E-state index in [2.05, 4.69) is 10.1 Å². The number of pyridine rings is 1. The highest BCUT2D eigenvalue weighted by atomic mass is 35.5. The minimum absolute atomic E-state index is 0.296. The molecule has 1 aromatic carbocycles. The number of sulfone groups is 1. The third-order valence-corrected chi connectivity index (χ3v) is 5.55. The maximum absolute atomic E-state index is 13.4. The first-order valence-electron chi connectivity index (χ1n) is 7.55. The van der Waals surface area contributed by atoms with Crippen molar-refractivity contribution in [2.24, 2.45) is 0 Å². The molecule has 30 heavy (non-hydrogen) atoms. The topological polar surface area (TPSA) is 90.9 Å². The smallest absolute Gasteiger partial charge is 0.383 e. The van der Waals surface area contributed by atoms with E-state index in [4.69, 9.17) is 28.9 Å². The third-order valence-electron chi connectivity index (χ3n) is 3.88. The summed E-state index contributed by atoms with van der Waals surface area (Å²) in [6, 6.07) is 2.20. The minimum Gasteiger partial charge on any atom is -0.383 e. The van der Waals surface area contributed by atoms with Crippen LogP contribution < -0.4 is 5.73 Å². The summed E-state index contributed by atoms with van der Waals surface area (Å²) in [4.78, 5) is 2.38. The van der Waals surface area contributed by atoms with Crippen molar-refractivity contribution in [2.45, 2.75) is 17.2 Å². The molecule has 6 nitrogen and oxygen atoms in total. The Morgan fingerprint density at radius 3 is 1.97 bits per heavy atom. The van der Waals surface area contributed by atoms with Crippen molar-refractivity contribution in [2.75, 3.05) is 12.0 Å². The first kappa shape index (κ1) is 22.4. The fraction of sp³-hybridized carbons (Fsp3) is 0.200. The van der Waals surface area contributed by atoms with E-state index in [9.17, 15) is 34.8 Å². The molecule has 0 fully saturated rings. The van der Waals surface area contributed by atoms with Crippen LogP contribution in [0.25, 0.3) is 16.6 Å². The maximum Gasteiger partial charge on any atom is 0.434 e. The molecule has 0 saturated carbocycles. The Labute approximate surface area is 174 Å². The Balaban J connectivity index is 2.39. The second kappa shape index (κ2) is 6.89. The lowest BCUT2D eigenvalue weighted by Crippen LogP contribution is -2.15. The van der Waals surface area contributed by atoms with E-state index in [-0.39, 0.29) is 20.6 Å². The lowest BCUT2D eigenvalue weighted by Gasteiger charge is -2.12. The first-order valence-corrected chi connectivity index (χ1v) is 10.2. The second-order valence-corrected chi connectivity index (χ2v) is 8.88. The fourth-order valence-electron chi connectivity index (χ4n) is 2.61. The number of nitrogen functional groups attached to an aromatic ring is 1. The van der Waals surface area contributed by atoms with Gasteiger partial charge >= 0.3 is 12.4 Å². The Morgan fingerprint density at radius 1 is 1.00 bits per heavy atom. The Morgan fingerprint density at radius 2 is 1.53 bits per heavy atom. The molecule has 2 N–H and O–H groups in total. The van der Waals surface area contributed by atoms with E-state index < -0.39 is 50.3 Å². The van der Waals surface area contributed by atoms with Crippen molar-refractivity contribution in [1.82, 2.24) is 14.8 Å². The SMILES string of the molecule is CS(=O)(=O)c1cc(Cl)c(-n2nc3cc(C(F)(F)F)nc(C(F)(F)F)c3c2N)c(Cl)c1. The summed E-state index contributed by atoms with van der Waals surface area (Å²) < 4.78 is 103. The van der Waals surface area contributed by atoms with E-state index in [1.165, 1.54) is 0 Å². The van der Waals surface area contributed by atoms with Crippen LogP contribution in [0.1, 0.15) is 11.4 Å². The van der Waals surface area contributed by atoms with Gasteiger partial charge in [0.15, 0.2) is 15.5 Å². The van der Waals surface area contributed by atoms with Gasteiger partial charge < -0.3 is 5.73 Å². The number of anilines is 1. The zero-order valence-corrected chi connectivity index (χ0v) is 16.7. The average molecular weight is 493 g/mol. The molecule has 3 rings (SSSR count). The Hall–Kier alpha value is -2.25. The highest BCUT2D eigenvalue weighted by Gasteiger charge is 2.41. The number of aromatic nitrogens is 3. The molecule has 0 aliphatic heterocycles. The van der Waals surface area contributed by atoms with E-state index in [0.29, 0.717) is 10.7 Å². The molecule has 0 atom stereocenters. The monoisotopic (exact) mass is 492 g/mol. The number of fused-ring (bicyclic) bond motifs is 1. The molecule has 0 spiro atoms. The summed E-state index contributed by atoms with van der Waals surface area (Å²) in [6.07, 6.45) is -9.60. The molecule has 15 heteroatoms. The normalized spacial score (nSPS) is 13.2. The summed E-state index contributed by atoms with van der Waals surface area (Å²) in [5.41, 5.74) is 0.937. The molecule has 0 aliphatic carbocycles.